The molecular weight excluding hydrogens is 428 g/mol. The van der Waals surface area contributed by atoms with Crippen molar-refractivity contribution in [2.75, 3.05) is 4.90 Å². The van der Waals surface area contributed by atoms with Gasteiger partial charge in [0.1, 0.15) is 0 Å². The summed E-state index contributed by atoms with van der Waals surface area (Å²) in [6.07, 6.45) is 1.73. The van der Waals surface area contributed by atoms with Gasteiger partial charge in [0.25, 0.3) is 0 Å². The van der Waals surface area contributed by atoms with Gasteiger partial charge in [-0.05, 0) is 66.2 Å². The SMILES string of the molecule is Clc1ccc2c(N=NCc3ccc(N(c4ccccc4)c4ccccc4)cc3)ccnc2c1. The summed E-state index contributed by atoms with van der Waals surface area (Å²) in [6.45, 7) is 0.494. The van der Waals surface area contributed by atoms with E-state index in [2.05, 4.69) is 92.9 Å². The third-order valence-corrected chi connectivity index (χ3v) is 5.57. The zero-order valence-corrected chi connectivity index (χ0v) is 18.6. The molecule has 0 spiro atoms. The molecule has 4 aromatic carbocycles. The predicted molar refractivity (Wildman–Crippen MR) is 136 cm³/mol. The van der Waals surface area contributed by atoms with Gasteiger partial charge in [-0.1, -0.05) is 60.1 Å². The molecule has 5 heteroatoms. The summed E-state index contributed by atoms with van der Waals surface area (Å²) in [5.41, 5.74) is 5.99. The maximum atomic E-state index is 6.07. The quantitative estimate of drug-likeness (QED) is 0.244. The summed E-state index contributed by atoms with van der Waals surface area (Å²) in [5, 5.41) is 10.5. The highest BCUT2D eigenvalue weighted by Crippen LogP contribution is 2.34. The van der Waals surface area contributed by atoms with Crippen LogP contribution in [0.5, 0.6) is 0 Å². The van der Waals surface area contributed by atoms with Crippen molar-refractivity contribution in [1.82, 2.24) is 4.98 Å². The number of azo groups is 1. The average Bonchev–Trinajstić information content (AvgIpc) is 2.86. The first kappa shape index (κ1) is 20.9. The number of halogens is 1. The molecule has 5 rings (SSSR count). The summed E-state index contributed by atoms with van der Waals surface area (Å²) in [5.74, 6) is 0. The van der Waals surface area contributed by atoms with Crippen molar-refractivity contribution >= 4 is 45.3 Å². The van der Waals surface area contributed by atoms with E-state index in [-0.39, 0.29) is 0 Å². The Balaban J connectivity index is 1.37. The zero-order valence-electron chi connectivity index (χ0n) is 17.8. The number of nitrogens with zero attached hydrogens (tertiary/aromatic N) is 4. The lowest BCUT2D eigenvalue weighted by Gasteiger charge is -2.25. The maximum absolute atomic E-state index is 6.07. The maximum Gasteiger partial charge on any atom is 0.0961 e. The molecule has 0 radical (unpaired) electrons. The normalized spacial score (nSPS) is 11.2. The number of aromatic nitrogens is 1. The number of pyridine rings is 1. The summed E-state index contributed by atoms with van der Waals surface area (Å²) < 4.78 is 0. The summed E-state index contributed by atoms with van der Waals surface area (Å²) in [4.78, 5) is 6.59. The fourth-order valence-electron chi connectivity index (χ4n) is 3.74. The van der Waals surface area contributed by atoms with Crippen LogP contribution in [0.4, 0.5) is 22.7 Å². The van der Waals surface area contributed by atoms with Crippen LogP contribution in [0.1, 0.15) is 5.56 Å². The van der Waals surface area contributed by atoms with Crippen molar-refractivity contribution in [3.05, 3.63) is 126 Å². The van der Waals surface area contributed by atoms with E-state index in [4.69, 9.17) is 11.6 Å². The van der Waals surface area contributed by atoms with Crippen LogP contribution in [0, 0.1) is 0 Å². The Morgan fingerprint density at radius 3 is 2.00 bits per heavy atom. The lowest BCUT2D eigenvalue weighted by molar-refractivity contribution is 0.960. The largest absolute Gasteiger partial charge is 0.311 e. The molecule has 160 valence electrons. The fourth-order valence-corrected chi connectivity index (χ4v) is 3.90. The molecule has 33 heavy (non-hydrogen) atoms. The zero-order chi connectivity index (χ0) is 22.5. The fraction of sp³-hybridized carbons (Fsp3) is 0.0357. The first-order chi connectivity index (χ1) is 16.3. The molecule has 0 aliphatic carbocycles. The Kier molecular flexibility index (Phi) is 6.09. The first-order valence-electron chi connectivity index (χ1n) is 10.7. The minimum Gasteiger partial charge on any atom is -0.311 e. The van der Waals surface area contributed by atoms with Crippen LogP contribution in [0.15, 0.2) is 126 Å². The lowest BCUT2D eigenvalue weighted by atomic mass is 10.1. The van der Waals surface area contributed by atoms with Crippen molar-refractivity contribution in [3.8, 4) is 0 Å². The second-order valence-electron chi connectivity index (χ2n) is 7.56. The standard InChI is InChI=1S/C28H21ClN4/c29-22-13-16-26-27(17-18-30-28(26)19-22)32-31-20-21-11-14-25(15-12-21)33(23-7-3-1-4-8-23)24-9-5-2-6-10-24/h1-19H,20H2. The van der Waals surface area contributed by atoms with E-state index >= 15 is 0 Å². The van der Waals surface area contributed by atoms with Gasteiger partial charge in [0.05, 0.1) is 17.7 Å². The van der Waals surface area contributed by atoms with E-state index in [0.29, 0.717) is 11.6 Å². The van der Waals surface area contributed by atoms with E-state index in [0.717, 1.165) is 39.2 Å². The third-order valence-electron chi connectivity index (χ3n) is 5.34. The van der Waals surface area contributed by atoms with Gasteiger partial charge in [-0.25, -0.2) is 0 Å². The lowest BCUT2D eigenvalue weighted by Crippen LogP contribution is -2.09. The molecule has 0 saturated carbocycles. The highest BCUT2D eigenvalue weighted by atomic mass is 35.5. The van der Waals surface area contributed by atoms with E-state index in [1.165, 1.54) is 0 Å². The summed E-state index contributed by atoms with van der Waals surface area (Å²) in [6, 6.07) is 36.6. The summed E-state index contributed by atoms with van der Waals surface area (Å²) >= 11 is 6.07. The molecule has 0 fully saturated rings. The summed E-state index contributed by atoms with van der Waals surface area (Å²) in [7, 11) is 0. The van der Waals surface area contributed by atoms with Gasteiger partial charge in [-0.3, -0.25) is 4.98 Å². The molecule has 0 unspecified atom stereocenters. The van der Waals surface area contributed by atoms with E-state index in [1.807, 2.05) is 36.4 Å². The van der Waals surface area contributed by atoms with Crippen LogP contribution in [-0.2, 0) is 6.54 Å². The van der Waals surface area contributed by atoms with Gasteiger partial charge in [-0.2, -0.15) is 10.2 Å². The van der Waals surface area contributed by atoms with Crippen LogP contribution in [0.3, 0.4) is 0 Å². The molecule has 1 aromatic heterocycles. The monoisotopic (exact) mass is 448 g/mol. The number of fused-ring (bicyclic) bond motifs is 1. The highest BCUT2D eigenvalue weighted by Gasteiger charge is 2.11. The molecule has 0 aliphatic rings. The van der Waals surface area contributed by atoms with Crippen molar-refractivity contribution in [2.24, 2.45) is 10.2 Å². The van der Waals surface area contributed by atoms with Crippen LogP contribution >= 0.6 is 11.6 Å². The molecule has 0 bridgehead atoms. The van der Waals surface area contributed by atoms with Crippen molar-refractivity contribution in [3.63, 3.8) is 0 Å². The number of rotatable bonds is 6. The van der Waals surface area contributed by atoms with Gasteiger partial charge >= 0.3 is 0 Å². The van der Waals surface area contributed by atoms with E-state index in [9.17, 15) is 0 Å². The van der Waals surface area contributed by atoms with Crippen LogP contribution in [0.25, 0.3) is 10.9 Å². The van der Waals surface area contributed by atoms with E-state index in [1.54, 1.807) is 6.20 Å². The number of para-hydroxylation sites is 2. The van der Waals surface area contributed by atoms with Crippen LogP contribution < -0.4 is 4.90 Å². The highest BCUT2D eigenvalue weighted by molar-refractivity contribution is 6.31. The van der Waals surface area contributed by atoms with Gasteiger partial charge in [-0.15, -0.1) is 0 Å². The topological polar surface area (TPSA) is 40.9 Å². The Hall–Kier alpha value is -4.02. The second-order valence-corrected chi connectivity index (χ2v) is 8.00. The molecule has 0 N–H and O–H groups in total. The molecule has 0 atom stereocenters. The number of benzene rings is 4. The molecule has 4 nitrogen and oxygen atoms in total. The second kappa shape index (κ2) is 9.63. The first-order valence-corrected chi connectivity index (χ1v) is 11.1. The van der Waals surface area contributed by atoms with Crippen LogP contribution in [-0.4, -0.2) is 4.98 Å². The Morgan fingerprint density at radius 1 is 0.697 bits per heavy atom. The minimum absolute atomic E-state index is 0.494. The minimum atomic E-state index is 0.494. The molecule has 5 aromatic rings. The molecule has 0 saturated heterocycles. The van der Waals surface area contributed by atoms with E-state index < -0.39 is 0 Å². The Bertz CT molecular complexity index is 1350. The predicted octanol–water partition coefficient (Wildman–Crippen LogP) is 8.64. The van der Waals surface area contributed by atoms with Crippen molar-refractivity contribution in [1.29, 1.82) is 0 Å². The number of hydrogen-bond donors (Lipinski definition) is 0. The Morgan fingerprint density at radius 2 is 1.33 bits per heavy atom. The smallest absolute Gasteiger partial charge is 0.0961 e. The average molecular weight is 449 g/mol. The number of anilines is 3. The molecule has 0 aliphatic heterocycles. The van der Waals surface area contributed by atoms with Gasteiger partial charge in [0, 0.05) is 33.7 Å². The van der Waals surface area contributed by atoms with Crippen molar-refractivity contribution in [2.45, 2.75) is 6.54 Å². The number of hydrogen-bond acceptors (Lipinski definition) is 4. The van der Waals surface area contributed by atoms with Gasteiger partial charge < -0.3 is 4.90 Å². The van der Waals surface area contributed by atoms with Crippen LogP contribution in [0.2, 0.25) is 5.02 Å². The van der Waals surface area contributed by atoms with Gasteiger partial charge in [0.15, 0.2) is 0 Å². The van der Waals surface area contributed by atoms with Gasteiger partial charge in [0.2, 0.25) is 0 Å². The Labute approximate surface area is 197 Å². The molecule has 0 amide bonds. The third kappa shape index (κ3) is 4.76. The molecule has 1 heterocycles. The molecular formula is C28H21ClN4. The van der Waals surface area contributed by atoms with Crippen molar-refractivity contribution < 1.29 is 0 Å².